The highest BCUT2D eigenvalue weighted by Crippen LogP contribution is 2.56. The van der Waals surface area contributed by atoms with Crippen molar-refractivity contribution in [2.75, 3.05) is 0 Å². The van der Waals surface area contributed by atoms with Gasteiger partial charge in [0, 0.05) is 460 Å². The molecule has 0 amide bonds. The number of nitrogens with zero attached hydrogens (tertiary/aromatic N) is 2. The molecule has 0 fully saturated rings. The van der Waals surface area contributed by atoms with E-state index in [1.54, 1.807) is 107 Å². The van der Waals surface area contributed by atoms with Gasteiger partial charge < -0.3 is 4.74 Å². The summed E-state index contributed by atoms with van der Waals surface area (Å²) in [5.74, 6) is 1.64. The molecule has 0 spiro atoms. The second-order valence-corrected chi connectivity index (χ2v) is 101. The molecule has 3 heterocycles. The Labute approximate surface area is 664 Å². The van der Waals surface area contributed by atoms with Crippen molar-refractivity contribution in [3.05, 3.63) is 116 Å². The zero-order valence-corrected chi connectivity index (χ0v) is 85.9. The van der Waals surface area contributed by atoms with E-state index in [2.05, 4.69) is 122 Å². The fourth-order valence-corrected chi connectivity index (χ4v) is 132. The van der Waals surface area contributed by atoms with Gasteiger partial charge in [0.2, 0.25) is 0 Å². The van der Waals surface area contributed by atoms with Crippen molar-refractivity contribution in [2.45, 2.75) is 57.8 Å². The molecule has 5 rings (SSSR count). The fourth-order valence-electron chi connectivity index (χ4n) is 5.46. The number of aromatic nitrogens is 2. The molecule has 4 aromatic rings. The van der Waals surface area contributed by atoms with Crippen LogP contribution in [0.3, 0.4) is 0 Å². The Morgan fingerprint density at radius 3 is 0.709 bits per heavy atom. The summed E-state index contributed by atoms with van der Waals surface area (Å²) in [4.78, 5) is 10.1. The highest BCUT2D eigenvalue weighted by molar-refractivity contribution is 9.10. The van der Waals surface area contributed by atoms with Crippen LogP contribution in [0.25, 0.3) is 0 Å². The Bertz CT molecular complexity index is 5260. The molecule has 0 radical (unpaired) electrons. The third-order valence-corrected chi connectivity index (χ3v) is 114. The van der Waals surface area contributed by atoms with E-state index >= 15 is 0 Å². The maximum Gasteiger partial charge on any atom is 0.132 e. The molecule has 1 aliphatic heterocycles. The number of ether oxygens (including phenoxy) is 1. The minimum atomic E-state index is -0.779. The molecule has 484 valence electrons. The number of benzene rings is 2. The van der Waals surface area contributed by atoms with E-state index < -0.39 is 5.41 Å². The Hall–Kier alpha value is 8.50. The summed E-state index contributed by atoms with van der Waals surface area (Å²) in [6, 6.07) is 25.3. The van der Waals surface area contributed by atoms with Crippen molar-refractivity contribution < 1.29 is 4.74 Å². The molecule has 0 aliphatic carbocycles. The lowest BCUT2D eigenvalue weighted by molar-refractivity contribution is 0.426. The highest BCUT2D eigenvalue weighted by Gasteiger charge is 2.48. The first-order valence-corrected chi connectivity index (χ1v) is 87.2. The van der Waals surface area contributed by atoms with Crippen molar-refractivity contribution in [2.24, 2.45) is 0 Å². The number of pyridine rings is 2. The number of hydrogen-bond donors (Lipinski definition) is 0. The van der Waals surface area contributed by atoms with Gasteiger partial charge in [0.1, 0.15) is 26.1 Å². The first-order chi connectivity index (χ1) is 41.8. The minimum absolute atomic E-state index is 0.0380. The third-order valence-electron chi connectivity index (χ3n) is 8.22. The highest BCUT2D eigenvalue weighted by atomic mass is 79.9. The number of fused-ring (bicyclic) bond motifs is 2. The van der Waals surface area contributed by atoms with Gasteiger partial charge in [0.15, 0.2) is 0 Å². The van der Waals surface area contributed by atoms with Crippen LogP contribution in [0, 0.1) is 0 Å². The van der Waals surface area contributed by atoms with Gasteiger partial charge in [-0.05, 0) is 102 Å². The Balaban J connectivity index is 0.000000385. The van der Waals surface area contributed by atoms with Crippen molar-refractivity contribution >= 4 is 480 Å². The van der Waals surface area contributed by atoms with Gasteiger partial charge in [0.25, 0.3) is 0 Å². The molecule has 55 heteroatoms. The summed E-state index contributed by atoms with van der Waals surface area (Å²) in [6.07, 6.45) is 0. The van der Waals surface area contributed by atoms with Crippen molar-refractivity contribution in [3.8, 4) is 11.5 Å². The molecule has 3 nitrogen and oxygen atoms in total. The Morgan fingerprint density at radius 2 is 0.523 bits per heavy atom. The fraction of sp³-hybridized carbons (Fsp3) is 0.290. The molecule has 0 saturated heterocycles. The number of hydrogen-bond acceptors (Lipinski definition) is 5. The first kappa shape index (κ1) is 86.9. The first-order valence-electron chi connectivity index (χ1n) is 20.3. The van der Waals surface area contributed by atoms with E-state index in [0.717, 1.165) is 43.2 Å². The van der Waals surface area contributed by atoms with Gasteiger partial charge in [-0.15, -0.1) is 0 Å². The molecule has 0 N–H and O–H groups in total. The van der Waals surface area contributed by atoms with Gasteiger partial charge >= 0.3 is 0 Å². The van der Waals surface area contributed by atoms with Crippen LogP contribution in [0.4, 0.5) is 0 Å². The molecule has 1 aliphatic rings. The SMILES string of the molecule is CC(C)(C)c1ccc2c(c1)C(c1cccc(Br)n1)(c1cccc(Br)n1)c1cc(C(C)(C)C)ccc1O2.S=S=S=S=S=S=S=S=S=S=S=S=S=S=S=S=S=S=S=S=S=S=S=S=S=S=S=S=S=S=S=S=S=S=S=S=S=S=S=S=S=S=S=S=S=S=S=S=S=S. The number of rotatable bonds is 2. The molecule has 86 heavy (non-hydrogen) atoms. The standard InChI is InChI=1S/C31H30Br2N2O.S50/c1-29(2,3)19-13-15-23-21(17-19)31(25-9-7-11-27(32)34-25,26-10-8-12-28(33)35-26)22-18-20(30(4,5)6)14-16-24(22)36-23;1-3-5-7-9-11-13-15-17-19-21-23-25-27-29-31-33-35-37-39-41-43-45-47-49-50-48-46-44-42-40-38-36-34-32-30-28-26-24-22-20-18-16-14-12-10-8-6-4-2/h7-18H,1-6H3;. The lowest BCUT2D eigenvalue weighted by Gasteiger charge is -2.41. The lowest BCUT2D eigenvalue weighted by atomic mass is 9.65. The van der Waals surface area contributed by atoms with Gasteiger partial charge in [-0.3, -0.25) is 0 Å². The molecular weight excluding hydrogens is 2180 g/mol. The van der Waals surface area contributed by atoms with E-state index in [1.807, 2.05) is 326 Å². The van der Waals surface area contributed by atoms with Crippen LogP contribution in [0.1, 0.15) is 75.2 Å². The van der Waals surface area contributed by atoms with E-state index in [-0.39, 0.29) is 10.8 Å². The van der Waals surface area contributed by atoms with Crippen LogP contribution in [-0.4, -0.2) is 9.97 Å². The minimum Gasteiger partial charge on any atom is -0.457 e. The van der Waals surface area contributed by atoms with Crippen LogP contribution >= 0.6 is 31.9 Å². The van der Waals surface area contributed by atoms with Crippen molar-refractivity contribution in [1.82, 2.24) is 9.97 Å². The zero-order chi connectivity index (χ0) is 61.8. The van der Waals surface area contributed by atoms with Crippen molar-refractivity contribution in [3.63, 3.8) is 0 Å². The van der Waals surface area contributed by atoms with E-state index in [9.17, 15) is 0 Å². The largest absolute Gasteiger partial charge is 0.457 e. The maximum absolute atomic E-state index is 6.59. The van der Waals surface area contributed by atoms with E-state index in [4.69, 9.17) is 37.1 Å². The molecule has 2 aromatic carbocycles. The Kier molecular flexibility index (Phi) is 56.6. The maximum atomic E-state index is 6.59. The summed E-state index contributed by atoms with van der Waals surface area (Å²) in [5, 5.41) is 0. The van der Waals surface area contributed by atoms with Gasteiger partial charge in [0.05, 0.1) is 11.4 Å². The van der Waals surface area contributed by atoms with Crippen LogP contribution < -0.4 is 4.74 Å². The molecule has 0 saturated carbocycles. The predicted octanol–water partition coefficient (Wildman–Crippen LogP) is 8.97. The predicted molar refractivity (Wildman–Crippen MR) is 521 cm³/mol. The Morgan fingerprint density at radius 1 is 0.314 bits per heavy atom. The molecule has 2 aromatic heterocycles. The average Bonchev–Trinajstić information content (AvgIpc) is 0.735. The topological polar surface area (TPSA) is 35.0 Å². The normalized spacial score (nSPS) is 10.6. The second-order valence-electron chi connectivity index (χ2n) is 14.7. The van der Waals surface area contributed by atoms with Gasteiger partial charge in [-0.1, -0.05) is 65.8 Å². The van der Waals surface area contributed by atoms with Gasteiger partial charge in [-0.2, -0.15) is 0 Å². The molecule has 0 unspecified atom stereocenters. The third kappa shape index (κ3) is 38.7. The van der Waals surface area contributed by atoms with Gasteiger partial charge in [-0.25, -0.2) is 9.97 Å². The van der Waals surface area contributed by atoms with Crippen LogP contribution in [0.5, 0.6) is 11.5 Å². The quantitative estimate of drug-likeness (QED) is 0.165. The number of halogens is 2. The lowest BCUT2D eigenvalue weighted by Crippen LogP contribution is -2.37. The average molecular weight is 2210 g/mol. The van der Waals surface area contributed by atoms with E-state index in [1.165, 1.54) is 28.9 Å². The summed E-state index contributed by atoms with van der Waals surface area (Å²) in [7, 11) is 85.7. The zero-order valence-electron chi connectivity index (χ0n) is 41.9. The van der Waals surface area contributed by atoms with Crippen LogP contribution in [0.2, 0.25) is 0 Å². The van der Waals surface area contributed by atoms with Crippen LogP contribution in [-0.2, 0) is 465 Å². The molecule has 0 atom stereocenters. The summed E-state index contributed by atoms with van der Waals surface area (Å²) < 4.78 is 8.15. The molecule has 0 bridgehead atoms. The van der Waals surface area contributed by atoms with E-state index in [0.29, 0.717) is 0 Å². The van der Waals surface area contributed by atoms with Crippen molar-refractivity contribution in [1.29, 1.82) is 0 Å². The summed E-state index contributed by atoms with van der Waals surface area (Å²) in [5.41, 5.74) is 5.49. The van der Waals surface area contributed by atoms with Crippen LogP contribution in [0.15, 0.2) is 82.0 Å². The second kappa shape index (κ2) is 56.0. The summed E-state index contributed by atoms with van der Waals surface area (Å²) >= 11 is 16.9. The molecular formula is C31H30Br2N2OS50. The monoisotopic (exact) mass is 2200 g/mol. The summed E-state index contributed by atoms with van der Waals surface area (Å²) in [6.45, 7) is 13.4. The smallest absolute Gasteiger partial charge is 0.132 e.